The summed E-state index contributed by atoms with van der Waals surface area (Å²) in [6.45, 7) is 7.97. The van der Waals surface area contributed by atoms with Gasteiger partial charge in [0.15, 0.2) is 0 Å². The summed E-state index contributed by atoms with van der Waals surface area (Å²) in [7, 11) is -3.69. The normalized spacial score (nSPS) is 15.9. The van der Waals surface area contributed by atoms with Gasteiger partial charge in [0.2, 0.25) is 15.9 Å². The van der Waals surface area contributed by atoms with E-state index in [2.05, 4.69) is 22.3 Å². The zero-order valence-corrected chi connectivity index (χ0v) is 20.2. The number of aryl methyl sites for hydroxylation is 1. The van der Waals surface area contributed by atoms with E-state index in [0.717, 1.165) is 54.5 Å². The van der Waals surface area contributed by atoms with Gasteiger partial charge in [0.05, 0.1) is 25.2 Å². The number of rotatable bonds is 8. The summed E-state index contributed by atoms with van der Waals surface area (Å²) in [6, 6.07) is 12.1. The predicted octanol–water partition coefficient (Wildman–Crippen LogP) is 2.95. The van der Waals surface area contributed by atoms with Gasteiger partial charge < -0.3 is 10.1 Å². The summed E-state index contributed by atoms with van der Waals surface area (Å²) >= 11 is 6.18. The van der Waals surface area contributed by atoms with E-state index in [-0.39, 0.29) is 5.91 Å². The molecule has 32 heavy (non-hydrogen) atoms. The molecule has 0 aromatic heterocycles. The first-order valence-electron chi connectivity index (χ1n) is 10.6. The highest BCUT2D eigenvalue weighted by Gasteiger charge is 2.29. The number of hydrogen-bond donors (Lipinski definition) is 1. The molecule has 0 aliphatic carbocycles. The van der Waals surface area contributed by atoms with Gasteiger partial charge in [-0.2, -0.15) is 0 Å². The highest BCUT2D eigenvalue weighted by molar-refractivity contribution is 7.92. The molecule has 1 N–H and O–H groups in total. The topological polar surface area (TPSA) is 79.0 Å². The van der Waals surface area contributed by atoms with Gasteiger partial charge in [-0.15, -0.1) is 0 Å². The predicted molar refractivity (Wildman–Crippen MR) is 127 cm³/mol. The zero-order valence-electron chi connectivity index (χ0n) is 18.7. The van der Waals surface area contributed by atoms with Crippen LogP contribution in [0, 0.1) is 6.92 Å². The number of benzene rings is 2. The van der Waals surface area contributed by atoms with Crippen LogP contribution in [0.2, 0.25) is 5.02 Å². The Labute approximate surface area is 195 Å². The van der Waals surface area contributed by atoms with E-state index in [0.29, 0.717) is 17.3 Å². The molecule has 0 unspecified atom stereocenters. The van der Waals surface area contributed by atoms with Crippen LogP contribution in [-0.2, 0) is 32.6 Å². The number of sulfonamides is 1. The lowest BCUT2D eigenvalue weighted by molar-refractivity contribution is -0.122. The van der Waals surface area contributed by atoms with E-state index in [4.69, 9.17) is 16.3 Å². The molecular weight excluding hydrogens is 450 g/mol. The lowest BCUT2D eigenvalue weighted by Crippen LogP contribution is -2.47. The fourth-order valence-corrected chi connectivity index (χ4v) is 4.99. The van der Waals surface area contributed by atoms with Gasteiger partial charge in [-0.1, -0.05) is 41.9 Å². The molecule has 0 spiro atoms. The molecule has 9 heteroatoms. The minimum atomic E-state index is -3.69. The van der Waals surface area contributed by atoms with Crippen molar-refractivity contribution in [1.29, 1.82) is 0 Å². The van der Waals surface area contributed by atoms with Gasteiger partial charge in [-0.3, -0.25) is 14.0 Å². The minimum absolute atomic E-state index is 0.313. The Morgan fingerprint density at radius 3 is 2.38 bits per heavy atom. The van der Waals surface area contributed by atoms with Crippen molar-refractivity contribution in [3.63, 3.8) is 0 Å². The Hall–Kier alpha value is -2.13. The third-order valence-electron chi connectivity index (χ3n) is 5.50. The van der Waals surface area contributed by atoms with Crippen LogP contribution >= 0.6 is 11.6 Å². The lowest BCUT2D eigenvalue weighted by atomic mass is 10.1. The number of nitrogens with one attached hydrogen (secondary N) is 1. The van der Waals surface area contributed by atoms with Crippen LogP contribution in [0.4, 0.5) is 5.69 Å². The lowest BCUT2D eigenvalue weighted by Gasteiger charge is -2.28. The maximum absolute atomic E-state index is 12.8. The fourth-order valence-electron chi connectivity index (χ4n) is 3.64. The first-order chi connectivity index (χ1) is 15.1. The quantitative estimate of drug-likeness (QED) is 0.629. The molecule has 1 aliphatic heterocycles. The molecule has 1 atom stereocenters. The maximum Gasteiger partial charge on any atom is 0.243 e. The summed E-state index contributed by atoms with van der Waals surface area (Å²) in [4.78, 5) is 15.1. The van der Waals surface area contributed by atoms with E-state index >= 15 is 0 Å². The average Bonchev–Trinajstić information content (AvgIpc) is 2.75. The molecule has 174 valence electrons. The van der Waals surface area contributed by atoms with Crippen LogP contribution < -0.4 is 9.62 Å². The van der Waals surface area contributed by atoms with Crippen LogP contribution in [0.25, 0.3) is 0 Å². The SMILES string of the molecule is Cc1ccc(N([C@H](C)C(=O)NCc2ccc(CN3CCOCC3)cc2)S(C)(=O)=O)cc1Cl. The number of ether oxygens (including phenoxy) is 1. The van der Waals surface area contributed by atoms with E-state index in [1.54, 1.807) is 25.1 Å². The molecule has 7 nitrogen and oxygen atoms in total. The van der Waals surface area contributed by atoms with Crippen LogP contribution in [-0.4, -0.2) is 57.8 Å². The van der Waals surface area contributed by atoms with Gasteiger partial charge in [0.25, 0.3) is 0 Å². The summed E-state index contributed by atoms with van der Waals surface area (Å²) < 4.78 is 31.4. The second-order valence-corrected chi connectivity index (χ2v) is 10.4. The van der Waals surface area contributed by atoms with Gasteiger partial charge in [-0.25, -0.2) is 8.42 Å². The van der Waals surface area contributed by atoms with Gasteiger partial charge in [0.1, 0.15) is 6.04 Å². The number of carbonyl (C=O) groups is 1. The average molecular weight is 480 g/mol. The third kappa shape index (κ3) is 6.45. The molecule has 0 bridgehead atoms. The fraction of sp³-hybridized carbons (Fsp3) is 0.435. The first kappa shape index (κ1) is 24.5. The molecule has 2 aromatic rings. The van der Waals surface area contributed by atoms with Crippen molar-refractivity contribution in [1.82, 2.24) is 10.2 Å². The molecule has 2 aromatic carbocycles. The van der Waals surface area contributed by atoms with Crippen molar-refractivity contribution >= 4 is 33.2 Å². The number of hydrogen-bond acceptors (Lipinski definition) is 5. The van der Waals surface area contributed by atoms with Crippen molar-refractivity contribution in [2.24, 2.45) is 0 Å². The van der Waals surface area contributed by atoms with Crippen LogP contribution in [0.15, 0.2) is 42.5 Å². The van der Waals surface area contributed by atoms with Crippen molar-refractivity contribution in [2.75, 3.05) is 36.9 Å². The Morgan fingerprint density at radius 2 is 1.78 bits per heavy atom. The standard InChI is InChI=1S/C23H30ClN3O4S/c1-17-4-9-21(14-22(17)24)27(32(3,29)30)18(2)23(28)25-15-19-5-7-20(8-6-19)16-26-10-12-31-13-11-26/h4-9,14,18H,10-13,15-16H2,1-3H3,(H,25,28)/t18-/m1/s1. The molecule has 0 radical (unpaired) electrons. The summed E-state index contributed by atoms with van der Waals surface area (Å²) in [5, 5.41) is 3.29. The maximum atomic E-state index is 12.8. The van der Waals surface area contributed by atoms with E-state index in [1.807, 2.05) is 19.1 Å². The van der Waals surface area contributed by atoms with Gasteiger partial charge in [0, 0.05) is 31.2 Å². The first-order valence-corrected chi connectivity index (χ1v) is 12.8. The second-order valence-electron chi connectivity index (χ2n) is 8.09. The minimum Gasteiger partial charge on any atom is -0.379 e. The highest BCUT2D eigenvalue weighted by atomic mass is 35.5. The Bertz CT molecular complexity index is 1040. The Morgan fingerprint density at radius 1 is 1.16 bits per heavy atom. The number of morpholine rings is 1. The molecule has 1 aliphatic rings. The smallest absolute Gasteiger partial charge is 0.243 e. The second kappa shape index (κ2) is 10.7. The molecule has 1 heterocycles. The number of nitrogens with zero attached hydrogens (tertiary/aromatic N) is 2. The van der Waals surface area contributed by atoms with E-state index in [1.165, 1.54) is 5.56 Å². The van der Waals surface area contributed by atoms with E-state index < -0.39 is 16.1 Å². The van der Waals surface area contributed by atoms with Crippen LogP contribution in [0.3, 0.4) is 0 Å². The number of anilines is 1. The zero-order chi connectivity index (χ0) is 23.3. The van der Waals surface area contributed by atoms with Gasteiger partial charge in [-0.05, 0) is 42.7 Å². The highest BCUT2D eigenvalue weighted by Crippen LogP contribution is 2.26. The number of amides is 1. The van der Waals surface area contributed by atoms with Crippen molar-refractivity contribution in [2.45, 2.75) is 33.0 Å². The Kier molecular flexibility index (Phi) is 8.16. The van der Waals surface area contributed by atoms with Crippen molar-refractivity contribution in [3.8, 4) is 0 Å². The van der Waals surface area contributed by atoms with Crippen molar-refractivity contribution in [3.05, 3.63) is 64.2 Å². The summed E-state index contributed by atoms with van der Waals surface area (Å²) in [6.07, 6.45) is 1.08. The number of halogens is 1. The van der Waals surface area contributed by atoms with E-state index in [9.17, 15) is 13.2 Å². The van der Waals surface area contributed by atoms with Crippen LogP contribution in [0.5, 0.6) is 0 Å². The monoisotopic (exact) mass is 479 g/mol. The molecule has 1 saturated heterocycles. The van der Waals surface area contributed by atoms with Gasteiger partial charge >= 0.3 is 0 Å². The molecular formula is C23H30ClN3O4S. The number of carbonyl (C=O) groups excluding carboxylic acids is 1. The van der Waals surface area contributed by atoms with Crippen LogP contribution in [0.1, 0.15) is 23.6 Å². The molecule has 0 saturated carbocycles. The van der Waals surface area contributed by atoms with Crippen molar-refractivity contribution < 1.29 is 17.9 Å². The summed E-state index contributed by atoms with van der Waals surface area (Å²) in [5.41, 5.74) is 3.34. The molecule has 1 fully saturated rings. The summed E-state index contributed by atoms with van der Waals surface area (Å²) in [5.74, 6) is -0.385. The molecule has 3 rings (SSSR count). The Balaban J connectivity index is 1.62. The molecule has 1 amide bonds. The largest absolute Gasteiger partial charge is 0.379 e. The third-order valence-corrected chi connectivity index (χ3v) is 7.15.